The molecule has 22 heavy (non-hydrogen) atoms. The van der Waals surface area contributed by atoms with E-state index in [1.165, 1.54) is 0 Å². The Kier molecular flexibility index (Phi) is 3.63. The van der Waals surface area contributed by atoms with Gasteiger partial charge >= 0.3 is 0 Å². The summed E-state index contributed by atoms with van der Waals surface area (Å²) in [5.41, 5.74) is 3.67. The normalized spacial score (nSPS) is 11.1. The van der Waals surface area contributed by atoms with Crippen LogP contribution in [0.5, 0.6) is 0 Å². The van der Waals surface area contributed by atoms with E-state index in [0.717, 1.165) is 27.9 Å². The van der Waals surface area contributed by atoms with Crippen molar-refractivity contribution in [3.05, 3.63) is 71.6 Å². The van der Waals surface area contributed by atoms with Crippen LogP contribution in [0.4, 0.5) is 0 Å². The minimum absolute atomic E-state index is 0.100. The van der Waals surface area contributed by atoms with E-state index < -0.39 is 0 Å². The van der Waals surface area contributed by atoms with Crippen molar-refractivity contribution in [3.8, 4) is 17.3 Å². The molecular weight excluding hydrogens is 274 g/mol. The molecule has 1 N–H and O–H groups in total. The second-order valence-electron chi connectivity index (χ2n) is 4.67. The SMILES string of the molecule is [C-]#[N+]/C(C#N)=C\Cc1c[nH]c2ncc(-c3ccccn3)cc12. The largest absolute Gasteiger partial charge is 0.346 e. The molecule has 104 valence electrons. The number of hydrogen-bond acceptors (Lipinski definition) is 3. The fourth-order valence-corrected chi connectivity index (χ4v) is 2.22. The molecule has 3 rings (SSSR count). The molecule has 0 radical (unpaired) electrons. The van der Waals surface area contributed by atoms with Crippen LogP contribution in [0.15, 0.2) is 54.6 Å². The molecule has 0 spiro atoms. The smallest absolute Gasteiger partial charge is 0.258 e. The van der Waals surface area contributed by atoms with Crippen LogP contribution in [0.3, 0.4) is 0 Å². The summed E-state index contributed by atoms with van der Waals surface area (Å²) in [6.07, 6.45) is 7.52. The minimum atomic E-state index is 0.100. The second-order valence-corrected chi connectivity index (χ2v) is 4.67. The number of H-pyrrole nitrogens is 1. The van der Waals surface area contributed by atoms with Crippen molar-refractivity contribution in [2.24, 2.45) is 0 Å². The molecule has 3 heterocycles. The zero-order valence-corrected chi connectivity index (χ0v) is 11.6. The molecule has 0 aliphatic heterocycles. The first-order valence-electron chi connectivity index (χ1n) is 6.67. The lowest BCUT2D eigenvalue weighted by Crippen LogP contribution is -1.86. The standard InChI is InChI=1S/C17H11N5/c1-19-14(9-18)6-5-12-10-21-17-15(12)8-13(11-22-17)16-4-2-3-7-20-16/h2-4,6-8,10-11H,5H2,(H,21,22)/b14-6-. The molecular formula is C17H11N5. The zero-order valence-electron chi connectivity index (χ0n) is 11.6. The van der Waals surface area contributed by atoms with Crippen molar-refractivity contribution >= 4 is 11.0 Å². The summed E-state index contributed by atoms with van der Waals surface area (Å²) >= 11 is 0. The number of aromatic amines is 1. The molecule has 0 saturated heterocycles. The molecule has 0 fully saturated rings. The van der Waals surface area contributed by atoms with Gasteiger partial charge in [-0.25, -0.2) is 15.1 Å². The number of pyridine rings is 2. The van der Waals surface area contributed by atoms with Crippen molar-refractivity contribution in [3.63, 3.8) is 0 Å². The average Bonchev–Trinajstić information content (AvgIpc) is 2.99. The maximum Gasteiger partial charge on any atom is 0.258 e. The van der Waals surface area contributed by atoms with Crippen LogP contribution in [0.1, 0.15) is 5.56 Å². The molecule has 0 amide bonds. The van der Waals surface area contributed by atoms with E-state index in [2.05, 4.69) is 19.8 Å². The molecule has 0 atom stereocenters. The highest BCUT2D eigenvalue weighted by Crippen LogP contribution is 2.24. The molecule has 0 aliphatic carbocycles. The van der Waals surface area contributed by atoms with Crippen molar-refractivity contribution < 1.29 is 0 Å². The van der Waals surface area contributed by atoms with Gasteiger partial charge in [0.1, 0.15) is 5.65 Å². The lowest BCUT2D eigenvalue weighted by molar-refractivity contribution is 1.26. The molecule has 5 nitrogen and oxygen atoms in total. The van der Waals surface area contributed by atoms with Gasteiger partial charge in [0, 0.05) is 29.5 Å². The molecule has 5 heteroatoms. The third kappa shape index (κ3) is 2.56. The Bertz CT molecular complexity index is 907. The summed E-state index contributed by atoms with van der Waals surface area (Å²) < 4.78 is 0. The summed E-state index contributed by atoms with van der Waals surface area (Å²) in [4.78, 5) is 15.0. The Morgan fingerprint density at radius 3 is 3.05 bits per heavy atom. The Labute approximate surface area is 127 Å². The highest BCUT2D eigenvalue weighted by atomic mass is 14.8. The van der Waals surface area contributed by atoms with Crippen LogP contribution in [-0.2, 0) is 6.42 Å². The first-order chi connectivity index (χ1) is 10.8. The lowest BCUT2D eigenvalue weighted by atomic mass is 10.1. The number of nitrogens with zero attached hydrogens (tertiary/aromatic N) is 4. The van der Waals surface area contributed by atoms with Gasteiger partial charge in [0.05, 0.1) is 18.3 Å². The Morgan fingerprint density at radius 2 is 2.32 bits per heavy atom. The molecule has 0 unspecified atom stereocenters. The summed E-state index contributed by atoms with van der Waals surface area (Å²) in [6.45, 7) is 6.90. The van der Waals surface area contributed by atoms with Crippen molar-refractivity contribution in [1.29, 1.82) is 5.26 Å². The van der Waals surface area contributed by atoms with E-state index in [-0.39, 0.29) is 5.70 Å². The van der Waals surface area contributed by atoms with E-state index in [9.17, 15) is 0 Å². The Morgan fingerprint density at radius 1 is 1.41 bits per heavy atom. The third-order valence-corrected chi connectivity index (χ3v) is 3.33. The molecule has 0 bridgehead atoms. The Hall–Kier alpha value is -3.44. The average molecular weight is 285 g/mol. The summed E-state index contributed by atoms with van der Waals surface area (Å²) in [7, 11) is 0. The number of nitriles is 1. The van der Waals surface area contributed by atoms with Gasteiger partial charge in [-0.15, -0.1) is 0 Å². The number of allylic oxidation sites excluding steroid dienone is 2. The summed E-state index contributed by atoms with van der Waals surface area (Å²) in [6, 6.07) is 9.63. The van der Waals surface area contributed by atoms with Crippen molar-refractivity contribution in [2.45, 2.75) is 6.42 Å². The van der Waals surface area contributed by atoms with E-state index in [1.54, 1.807) is 18.5 Å². The first-order valence-corrected chi connectivity index (χ1v) is 6.67. The van der Waals surface area contributed by atoms with Gasteiger partial charge in [0.25, 0.3) is 5.70 Å². The quantitative estimate of drug-likeness (QED) is 0.591. The highest BCUT2D eigenvalue weighted by Gasteiger charge is 2.07. The summed E-state index contributed by atoms with van der Waals surface area (Å²) in [5.74, 6) is 0. The maximum absolute atomic E-state index is 8.80. The maximum atomic E-state index is 8.80. The van der Waals surface area contributed by atoms with E-state index in [1.807, 2.05) is 36.5 Å². The number of aromatic nitrogens is 3. The van der Waals surface area contributed by atoms with Crippen LogP contribution in [0.2, 0.25) is 0 Å². The van der Waals surface area contributed by atoms with Crippen LogP contribution < -0.4 is 0 Å². The highest BCUT2D eigenvalue weighted by molar-refractivity contribution is 5.84. The van der Waals surface area contributed by atoms with Crippen molar-refractivity contribution in [2.75, 3.05) is 0 Å². The first kappa shape index (κ1) is 13.5. The number of fused-ring (bicyclic) bond motifs is 1. The van der Waals surface area contributed by atoms with Crippen LogP contribution in [0, 0.1) is 17.9 Å². The fraction of sp³-hybridized carbons (Fsp3) is 0.0588. The minimum Gasteiger partial charge on any atom is -0.346 e. The molecule has 3 aromatic heterocycles. The molecule has 0 aromatic carbocycles. The second kappa shape index (κ2) is 5.90. The van der Waals surface area contributed by atoms with Gasteiger partial charge in [0.2, 0.25) is 0 Å². The summed E-state index contributed by atoms with van der Waals surface area (Å²) in [5, 5.41) is 9.77. The van der Waals surface area contributed by atoms with Crippen LogP contribution >= 0.6 is 0 Å². The monoisotopic (exact) mass is 285 g/mol. The fourth-order valence-electron chi connectivity index (χ4n) is 2.22. The Balaban J connectivity index is 2.02. The van der Waals surface area contributed by atoms with E-state index in [4.69, 9.17) is 11.8 Å². The van der Waals surface area contributed by atoms with E-state index in [0.29, 0.717) is 6.42 Å². The van der Waals surface area contributed by atoms with Gasteiger partial charge in [-0.3, -0.25) is 4.98 Å². The lowest BCUT2D eigenvalue weighted by Gasteiger charge is -2.01. The number of hydrogen-bond donors (Lipinski definition) is 1. The topological polar surface area (TPSA) is 69.7 Å². The van der Waals surface area contributed by atoms with Gasteiger partial charge in [-0.05, 0) is 30.2 Å². The molecule has 0 aliphatic rings. The van der Waals surface area contributed by atoms with Gasteiger partial charge < -0.3 is 4.98 Å². The van der Waals surface area contributed by atoms with Crippen molar-refractivity contribution in [1.82, 2.24) is 15.0 Å². The predicted octanol–water partition coefficient (Wildman–Crippen LogP) is 3.49. The number of nitrogens with one attached hydrogen (secondary N) is 1. The third-order valence-electron chi connectivity index (χ3n) is 3.33. The van der Waals surface area contributed by atoms with E-state index >= 15 is 0 Å². The molecule has 0 saturated carbocycles. The van der Waals surface area contributed by atoms with Crippen LogP contribution in [0.25, 0.3) is 27.1 Å². The van der Waals surface area contributed by atoms with Crippen LogP contribution in [-0.4, -0.2) is 15.0 Å². The predicted molar refractivity (Wildman–Crippen MR) is 83.3 cm³/mol. The van der Waals surface area contributed by atoms with Gasteiger partial charge in [-0.2, -0.15) is 0 Å². The van der Waals surface area contributed by atoms with Gasteiger partial charge in [-0.1, -0.05) is 12.1 Å². The zero-order chi connectivity index (χ0) is 15.4. The van der Waals surface area contributed by atoms with Gasteiger partial charge in [0.15, 0.2) is 0 Å². The molecule has 3 aromatic rings. The number of rotatable bonds is 3.